The van der Waals surface area contributed by atoms with Crippen LogP contribution in [0.4, 0.5) is 0 Å². The van der Waals surface area contributed by atoms with E-state index in [-0.39, 0.29) is 0 Å². The molecule has 5 heteroatoms. The highest BCUT2D eigenvalue weighted by molar-refractivity contribution is 6.16. The lowest BCUT2D eigenvalue weighted by Crippen LogP contribution is -1.89. The van der Waals surface area contributed by atoms with Crippen molar-refractivity contribution in [3.63, 3.8) is 0 Å². The van der Waals surface area contributed by atoms with Crippen molar-refractivity contribution in [1.29, 1.82) is 0 Å². The van der Waals surface area contributed by atoms with Crippen LogP contribution in [0.5, 0.6) is 11.5 Å². The summed E-state index contributed by atoms with van der Waals surface area (Å²) < 4.78 is 15.6. The van der Waals surface area contributed by atoms with Crippen LogP contribution in [0.15, 0.2) is 28.8 Å². The van der Waals surface area contributed by atoms with Gasteiger partial charge >= 0.3 is 0 Å². The molecule has 1 aromatic heterocycles. The number of rotatable bonds is 4. The highest BCUT2D eigenvalue weighted by Crippen LogP contribution is 2.33. The topological polar surface area (TPSA) is 44.5 Å². The maximum Gasteiger partial charge on any atom is 0.170 e. The molecule has 2 rings (SSSR count). The smallest absolute Gasteiger partial charge is 0.170 e. The molecule has 0 aliphatic carbocycles. The van der Waals surface area contributed by atoms with Gasteiger partial charge < -0.3 is 14.0 Å². The predicted molar refractivity (Wildman–Crippen MR) is 64.6 cm³/mol. The molecule has 0 bridgehead atoms. The van der Waals surface area contributed by atoms with Crippen LogP contribution >= 0.6 is 11.6 Å². The number of aromatic nitrogens is 1. The van der Waals surface area contributed by atoms with Crippen LogP contribution in [-0.4, -0.2) is 19.4 Å². The van der Waals surface area contributed by atoms with Gasteiger partial charge in [0.15, 0.2) is 5.76 Å². The van der Waals surface area contributed by atoms with Gasteiger partial charge in [0.2, 0.25) is 0 Å². The van der Waals surface area contributed by atoms with Crippen LogP contribution < -0.4 is 9.47 Å². The highest BCUT2D eigenvalue weighted by Gasteiger charge is 2.12. The van der Waals surface area contributed by atoms with E-state index in [1.165, 1.54) is 0 Å². The second kappa shape index (κ2) is 5.10. The quantitative estimate of drug-likeness (QED) is 0.786. The van der Waals surface area contributed by atoms with Gasteiger partial charge in [0.25, 0.3) is 0 Å². The van der Waals surface area contributed by atoms with E-state index in [0.29, 0.717) is 23.1 Å². The summed E-state index contributed by atoms with van der Waals surface area (Å²) in [6, 6.07) is 7.27. The number of hydrogen-bond acceptors (Lipinski definition) is 4. The molecule has 0 unspecified atom stereocenters. The minimum Gasteiger partial charge on any atom is -0.497 e. The van der Waals surface area contributed by atoms with Gasteiger partial charge in [0, 0.05) is 12.1 Å². The van der Waals surface area contributed by atoms with Crippen molar-refractivity contribution < 1.29 is 14.0 Å². The zero-order valence-corrected chi connectivity index (χ0v) is 10.3. The third kappa shape index (κ3) is 2.36. The Labute approximate surface area is 104 Å². The van der Waals surface area contributed by atoms with E-state index in [1.54, 1.807) is 26.4 Å². The molecule has 0 atom stereocenters. The SMILES string of the molecule is COc1ccc(-c2cc(CCl)no2)c(OC)c1. The number of ether oxygens (including phenoxy) is 2. The second-order valence-electron chi connectivity index (χ2n) is 3.38. The van der Waals surface area contributed by atoms with Crippen molar-refractivity contribution in [3.8, 4) is 22.8 Å². The molecule has 0 aliphatic rings. The van der Waals surface area contributed by atoms with Crippen molar-refractivity contribution in [2.45, 2.75) is 5.88 Å². The summed E-state index contributed by atoms with van der Waals surface area (Å²) in [4.78, 5) is 0. The summed E-state index contributed by atoms with van der Waals surface area (Å²) in [6.45, 7) is 0. The molecular weight excluding hydrogens is 242 g/mol. The van der Waals surface area contributed by atoms with Gasteiger partial charge in [-0.2, -0.15) is 0 Å². The highest BCUT2D eigenvalue weighted by atomic mass is 35.5. The van der Waals surface area contributed by atoms with E-state index < -0.39 is 0 Å². The Hall–Kier alpha value is -1.68. The first kappa shape index (κ1) is 11.8. The Morgan fingerprint density at radius 1 is 1.24 bits per heavy atom. The van der Waals surface area contributed by atoms with Gasteiger partial charge in [-0.3, -0.25) is 0 Å². The molecule has 4 nitrogen and oxygen atoms in total. The maximum absolute atomic E-state index is 5.68. The lowest BCUT2D eigenvalue weighted by atomic mass is 10.1. The molecule has 0 aliphatic heterocycles. The summed E-state index contributed by atoms with van der Waals surface area (Å²) in [6.07, 6.45) is 0. The van der Waals surface area contributed by atoms with Crippen molar-refractivity contribution in [2.75, 3.05) is 14.2 Å². The molecule has 1 heterocycles. The van der Waals surface area contributed by atoms with Crippen molar-refractivity contribution in [3.05, 3.63) is 30.0 Å². The number of halogens is 1. The number of benzene rings is 1. The lowest BCUT2D eigenvalue weighted by Gasteiger charge is -2.07. The van der Waals surface area contributed by atoms with Crippen LogP contribution in [0.25, 0.3) is 11.3 Å². The molecule has 0 fully saturated rings. The number of methoxy groups -OCH3 is 2. The van der Waals surface area contributed by atoms with E-state index in [4.69, 9.17) is 25.6 Å². The van der Waals surface area contributed by atoms with Crippen LogP contribution in [0.2, 0.25) is 0 Å². The number of hydrogen-bond donors (Lipinski definition) is 0. The summed E-state index contributed by atoms with van der Waals surface area (Å²) >= 11 is 5.68. The van der Waals surface area contributed by atoms with Crippen molar-refractivity contribution in [1.82, 2.24) is 5.16 Å². The normalized spacial score (nSPS) is 10.3. The molecule has 0 amide bonds. The summed E-state index contributed by atoms with van der Waals surface area (Å²) in [7, 11) is 3.20. The molecule has 17 heavy (non-hydrogen) atoms. The summed E-state index contributed by atoms with van der Waals surface area (Å²) in [5.74, 6) is 2.34. The third-order valence-electron chi connectivity index (χ3n) is 2.37. The largest absolute Gasteiger partial charge is 0.497 e. The van der Waals surface area contributed by atoms with Crippen LogP contribution in [0.3, 0.4) is 0 Å². The van der Waals surface area contributed by atoms with Gasteiger partial charge in [-0.05, 0) is 12.1 Å². The fourth-order valence-electron chi connectivity index (χ4n) is 1.50. The van der Waals surface area contributed by atoms with Crippen molar-refractivity contribution >= 4 is 11.6 Å². The van der Waals surface area contributed by atoms with Crippen LogP contribution in [-0.2, 0) is 5.88 Å². The first-order valence-corrected chi connectivity index (χ1v) is 5.56. The minimum absolute atomic E-state index is 0.321. The average Bonchev–Trinajstić information content (AvgIpc) is 2.86. The van der Waals surface area contributed by atoms with Gasteiger partial charge in [-0.1, -0.05) is 5.16 Å². The average molecular weight is 254 g/mol. The molecule has 0 spiro atoms. The van der Waals surface area contributed by atoms with E-state index in [1.807, 2.05) is 12.1 Å². The molecule has 0 N–H and O–H groups in total. The summed E-state index contributed by atoms with van der Waals surface area (Å²) in [5.41, 5.74) is 1.51. The van der Waals surface area contributed by atoms with E-state index in [9.17, 15) is 0 Å². The molecule has 0 saturated heterocycles. The van der Waals surface area contributed by atoms with E-state index in [0.717, 1.165) is 11.3 Å². The van der Waals surface area contributed by atoms with Gasteiger partial charge in [0.05, 0.1) is 31.4 Å². The maximum atomic E-state index is 5.68. The molecule has 2 aromatic rings. The van der Waals surface area contributed by atoms with Gasteiger partial charge in [-0.25, -0.2) is 0 Å². The van der Waals surface area contributed by atoms with Crippen LogP contribution in [0.1, 0.15) is 5.69 Å². The number of alkyl halides is 1. The van der Waals surface area contributed by atoms with Crippen molar-refractivity contribution in [2.24, 2.45) is 0 Å². The molecule has 1 aromatic carbocycles. The first-order valence-electron chi connectivity index (χ1n) is 5.02. The molecule has 0 saturated carbocycles. The Morgan fingerprint density at radius 3 is 2.65 bits per heavy atom. The Bertz CT molecular complexity index is 510. The Kier molecular flexibility index (Phi) is 3.54. The van der Waals surface area contributed by atoms with E-state index in [2.05, 4.69) is 5.16 Å². The zero-order chi connectivity index (χ0) is 12.3. The van der Waals surface area contributed by atoms with Gasteiger partial charge in [-0.15, -0.1) is 11.6 Å². The van der Waals surface area contributed by atoms with E-state index >= 15 is 0 Å². The predicted octanol–water partition coefficient (Wildman–Crippen LogP) is 3.10. The fourth-order valence-corrected chi connectivity index (χ4v) is 1.63. The fraction of sp³-hybridized carbons (Fsp3) is 0.250. The standard InChI is InChI=1S/C12H12ClNO3/c1-15-9-3-4-10(11(6-9)16-2)12-5-8(7-13)14-17-12/h3-6H,7H2,1-2H3. The van der Waals surface area contributed by atoms with Crippen LogP contribution in [0, 0.1) is 0 Å². The summed E-state index contributed by atoms with van der Waals surface area (Å²) in [5, 5.41) is 3.84. The molecule has 0 radical (unpaired) electrons. The second-order valence-corrected chi connectivity index (χ2v) is 3.65. The Balaban J connectivity index is 2.43. The first-order chi connectivity index (χ1) is 8.28. The monoisotopic (exact) mass is 253 g/mol. The third-order valence-corrected chi connectivity index (χ3v) is 2.64. The Morgan fingerprint density at radius 2 is 2.06 bits per heavy atom. The minimum atomic E-state index is 0.321. The lowest BCUT2D eigenvalue weighted by molar-refractivity contribution is 0.390. The van der Waals surface area contributed by atoms with Gasteiger partial charge in [0.1, 0.15) is 11.5 Å². The zero-order valence-electron chi connectivity index (χ0n) is 9.57. The molecular formula is C12H12ClNO3. The number of nitrogens with zero attached hydrogens (tertiary/aromatic N) is 1. The molecule has 90 valence electrons.